The highest BCUT2D eigenvalue weighted by Crippen LogP contribution is 2.15. The fourth-order valence-corrected chi connectivity index (χ4v) is 2.18. The van der Waals surface area contributed by atoms with Crippen molar-refractivity contribution in [2.45, 2.75) is 26.4 Å². The fraction of sp³-hybridized carbons (Fsp3) is 0.235. The Balaban J connectivity index is 2.02. The van der Waals surface area contributed by atoms with Gasteiger partial charge in [-0.05, 0) is 49.7 Å². The number of hydrogen-bond acceptors (Lipinski definition) is 2. The molecule has 0 atom stereocenters. The molecule has 110 valence electrons. The fourth-order valence-electron chi connectivity index (χ4n) is 1.97. The van der Waals surface area contributed by atoms with Crippen LogP contribution in [-0.2, 0) is 6.54 Å². The summed E-state index contributed by atoms with van der Waals surface area (Å²) in [6.45, 7) is 4.55. The highest BCUT2D eigenvalue weighted by molar-refractivity contribution is 6.30. The highest BCUT2D eigenvalue weighted by atomic mass is 35.5. The van der Waals surface area contributed by atoms with Crippen LogP contribution in [0.25, 0.3) is 0 Å². The van der Waals surface area contributed by atoms with E-state index in [-0.39, 0.29) is 11.9 Å². The van der Waals surface area contributed by atoms with Gasteiger partial charge in [0.2, 0.25) is 0 Å². The SMILES string of the molecule is CC(C)NC(=O)c1cccc(NCc2cccc(Cl)c2)c1. The van der Waals surface area contributed by atoms with Gasteiger partial charge in [0, 0.05) is 28.9 Å². The van der Waals surface area contributed by atoms with Crippen LogP contribution >= 0.6 is 11.6 Å². The van der Waals surface area contributed by atoms with Gasteiger partial charge in [0.1, 0.15) is 0 Å². The Hall–Kier alpha value is -2.00. The summed E-state index contributed by atoms with van der Waals surface area (Å²) in [5.74, 6) is -0.0589. The molecule has 0 bridgehead atoms. The largest absolute Gasteiger partial charge is 0.381 e. The number of nitrogens with one attached hydrogen (secondary N) is 2. The van der Waals surface area contributed by atoms with Crippen molar-refractivity contribution in [1.82, 2.24) is 5.32 Å². The zero-order chi connectivity index (χ0) is 15.2. The molecule has 0 aromatic heterocycles. The summed E-state index contributed by atoms with van der Waals surface area (Å²) in [6.07, 6.45) is 0. The lowest BCUT2D eigenvalue weighted by Crippen LogP contribution is -2.30. The monoisotopic (exact) mass is 302 g/mol. The molecule has 0 radical (unpaired) electrons. The smallest absolute Gasteiger partial charge is 0.251 e. The zero-order valence-corrected chi connectivity index (χ0v) is 12.9. The minimum Gasteiger partial charge on any atom is -0.381 e. The maximum absolute atomic E-state index is 12.0. The van der Waals surface area contributed by atoms with Crippen molar-refractivity contribution in [1.29, 1.82) is 0 Å². The first-order valence-electron chi connectivity index (χ1n) is 6.94. The van der Waals surface area contributed by atoms with Crippen molar-refractivity contribution in [2.75, 3.05) is 5.32 Å². The van der Waals surface area contributed by atoms with Crippen molar-refractivity contribution >= 4 is 23.2 Å². The summed E-state index contributed by atoms with van der Waals surface area (Å²) in [5.41, 5.74) is 2.66. The van der Waals surface area contributed by atoms with Crippen molar-refractivity contribution in [2.24, 2.45) is 0 Å². The van der Waals surface area contributed by atoms with Crippen molar-refractivity contribution < 1.29 is 4.79 Å². The van der Waals surface area contributed by atoms with Gasteiger partial charge in [0.15, 0.2) is 0 Å². The molecule has 2 aromatic carbocycles. The zero-order valence-electron chi connectivity index (χ0n) is 12.2. The van der Waals surface area contributed by atoms with E-state index in [9.17, 15) is 4.79 Å². The summed E-state index contributed by atoms with van der Waals surface area (Å²) in [4.78, 5) is 12.0. The number of halogens is 1. The molecule has 0 saturated carbocycles. The van der Waals surface area contributed by atoms with E-state index in [1.165, 1.54) is 0 Å². The molecule has 0 aliphatic carbocycles. The highest BCUT2D eigenvalue weighted by Gasteiger charge is 2.07. The van der Waals surface area contributed by atoms with Crippen LogP contribution in [0.4, 0.5) is 5.69 Å². The molecule has 1 amide bonds. The molecule has 3 nitrogen and oxygen atoms in total. The first kappa shape index (κ1) is 15.4. The number of carbonyl (C=O) groups excluding carboxylic acids is 1. The van der Waals surface area contributed by atoms with Gasteiger partial charge in [-0.2, -0.15) is 0 Å². The van der Waals surface area contributed by atoms with Crippen LogP contribution < -0.4 is 10.6 Å². The molecule has 0 saturated heterocycles. The number of benzene rings is 2. The molecule has 0 aliphatic heterocycles. The first-order valence-corrected chi connectivity index (χ1v) is 7.31. The minimum atomic E-state index is -0.0589. The molecule has 4 heteroatoms. The standard InChI is InChI=1S/C17H19ClN2O/c1-12(2)20-17(21)14-6-4-8-16(10-14)19-11-13-5-3-7-15(18)9-13/h3-10,12,19H,11H2,1-2H3,(H,20,21). The second kappa shape index (κ2) is 7.14. The third-order valence-corrected chi connectivity index (χ3v) is 3.17. The van der Waals surface area contributed by atoms with Gasteiger partial charge in [-0.3, -0.25) is 4.79 Å². The Bertz CT molecular complexity index is 626. The Morgan fingerprint density at radius 2 is 1.90 bits per heavy atom. The maximum Gasteiger partial charge on any atom is 0.251 e. The van der Waals surface area contributed by atoms with Crippen molar-refractivity contribution in [3.05, 3.63) is 64.7 Å². The third kappa shape index (κ3) is 4.80. The molecule has 21 heavy (non-hydrogen) atoms. The van der Waals surface area contributed by atoms with Crippen molar-refractivity contribution in [3.8, 4) is 0 Å². The van der Waals surface area contributed by atoms with Gasteiger partial charge in [0.05, 0.1) is 0 Å². The first-order chi connectivity index (χ1) is 10.0. The molecule has 0 spiro atoms. The quantitative estimate of drug-likeness (QED) is 0.873. The summed E-state index contributed by atoms with van der Waals surface area (Å²) in [5, 5.41) is 6.90. The summed E-state index contributed by atoms with van der Waals surface area (Å²) < 4.78 is 0. The number of carbonyl (C=O) groups is 1. The number of amides is 1. The summed E-state index contributed by atoms with van der Waals surface area (Å²) in [7, 11) is 0. The molecular weight excluding hydrogens is 284 g/mol. The molecule has 0 aliphatic rings. The molecule has 0 fully saturated rings. The minimum absolute atomic E-state index is 0.0589. The van der Waals surface area contributed by atoms with Crippen LogP contribution in [0.1, 0.15) is 29.8 Å². The predicted molar refractivity (Wildman–Crippen MR) is 87.8 cm³/mol. The van der Waals surface area contributed by atoms with Gasteiger partial charge in [-0.15, -0.1) is 0 Å². The second-order valence-electron chi connectivity index (χ2n) is 5.19. The van der Waals surface area contributed by atoms with E-state index in [1.54, 1.807) is 0 Å². The predicted octanol–water partition coefficient (Wildman–Crippen LogP) is 4.09. The third-order valence-electron chi connectivity index (χ3n) is 2.93. The van der Waals surface area contributed by atoms with Crippen molar-refractivity contribution in [3.63, 3.8) is 0 Å². The van der Waals surface area contributed by atoms with Crippen LogP contribution in [0.15, 0.2) is 48.5 Å². The van der Waals surface area contributed by atoms with E-state index >= 15 is 0 Å². The number of rotatable bonds is 5. The van der Waals surface area contributed by atoms with Gasteiger partial charge in [-0.25, -0.2) is 0 Å². The molecule has 0 heterocycles. The Kier molecular flexibility index (Phi) is 5.23. The number of hydrogen-bond donors (Lipinski definition) is 2. The normalized spacial score (nSPS) is 10.5. The van der Waals surface area contributed by atoms with E-state index in [0.717, 1.165) is 16.3 Å². The van der Waals surface area contributed by atoms with Crippen LogP contribution in [0.5, 0.6) is 0 Å². The molecular formula is C17H19ClN2O. The molecule has 2 N–H and O–H groups in total. The van der Waals surface area contributed by atoms with Crippen LogP contribution in [0, 0.1) is 0 Å². The van der Waals surface area contributed by atoms with E-state index in [0.29, 0.717) is 12.1 Å². The number of anilines is 1. The van der Waals surface area contributed by atoms with Gasteiger partial charge in [0.25, 0.3) is 5.91 Å². The molecule has 2 aromatic rings. The summed E-state index contributed by atoms with van der Waals surface area (Å²) >= 11 is 5.96. The van der Waals surface area contributed by atoms with E-state index in [4.69, 9.17) is 11.6 Å². The maximum atomic E-state index is 12.0. The Morgan fingerprint density at radius 3 is 2.62 bits per heavy atom. The lowest BCUT2D eigenvalue weighted by atomic mass is 10.1. The lowest BCUT2D eigenvalue weighted by molar-refractivity contribution is 0.0943. The van der Waals surface area contributed by atoms with E-state index < -0.39 is 0 Å². The lowest BCUT2D eigenvalue weighted by Gasteiger charge is -2.11. The average Bonchev–Trinajstić information content (AvgIpc) is 2.45. The molecule has 2 rings (SSSR count). The van der Waals surface area contributed by atoms with Crippen LogP contribution in [-0.4, -0.2) is 11.9 Å². The average molecular weight is 303 g/mol. The van der Waals surface area contributed by atoms with Gasteiger partial charge < -0.3 is 10.6 Å². The van der Waals surface area contributed by atoms with Crippen LogP contribution in [0.2, 0.25) is 5.02 Å². The van der Waals surface area contributed by atoms with Gasteiger partial charge >= 0.3 is 0 Å². The summed E-state index contributed by atoms with van der Waals surface area (Å²) in [6, 6.07) is 15.3. The van der Waals surface area contributed by atoms with Gasteiger partial charge in [-0.1, -0.05) is 29.8 Å². The molecule has 0 unspecified atom stereocenters. The van der Waals surface area contributed by atoms with E-state index in [1.807, 2.05) is 62.4 Å². The van der Waals surface area contributed by atoms with Crippen LogP contribution in [0.3, 0.4) is 0 Å². The topological polar surface area (TPSA) is 41.1 Å². The Labute approximate surface area is 130 Å². The van der Waals surface area contributed by atoms with E-state index in [2.05, 4.69) is 10.6 Å². The second-order valence-corrected chi connectivity index (χ2v) is 5.63. The Morgan fingerprint density at radius 1 is 1.14 bits per heavy atom.